The summed E-state index contributed by atoms with van der Waals surface area (Å²) in [5.41, 5.74) is 8.24. The molecule has 2 aromatic rings. The monoisotopic (exact) mass is 347 g/mol. The summed E-state index contributed by atoms with van der Waals surface area (Å²) in [6.45, 7) is 8.52. The summed E-state index contributed by atoms with van der Waals surface area (Å²) in [4.78, 5) is 0. The van der Waals surface area contributed by atoms with Crippen molar-refractivity contribution in [1.29, 1.82) is 0 Å². The van der Waals surface area contributed by atoms with E-state index in [2.05, 4.69) is 42.8 Å². The molecule has 0 spiro atoms. The van der Waals surface area contributed by atoms with E-state index in [1.54, 1.807) is 0 Å². The van der Waals surface area contributed by atoms with Gasteiger partial charge in [0.05, 0.1) is 0 Å². The van der Waals surface area contributed by atoms with Gasteiger partial charge < -0.3 is 10.5 Å². The molecule has 2 N–H and O–H groups in total. The fourth-order valence-electron chi connectivity index (χ4n) is 2.24. The predicted octanol–water partition coefficient (Wildman–Crippen LogP) is 5.56. The average Bonchev–Trinajstić information content (AvgIpc) is 2.37. The molecule has 0 amide bonds. The molecule has 0 radical (unpaired) electrons. The molecule has 0 aliphatic rings. The van der Waals surface area contributed by atoms with Gasteiger partial charge >= 0.3 is 0 Å². The lowest BCUT2D eigenvalue weighted by molar-refractivity contribution is 0.455. The Morgan fingerprint density at radius 2 is 1.76 bits per heavy atom. The Morgan fingerprint density at radius 3 is 2.33 bits per heavy atom. The summed E-state index contributed by atoms with van der Waals surface area (Å²) >= 11 is 3.56. The van der Waals surface area contributed by atoms with Gasteiger partial charge in [0.2, 0.25) is 0 Å². The molecule has 21 heavy (non-hydrogen) atoms. The van der Waals surface area contributed by atoms with Crippen LogP contribution in [0, 0.1) is 0 Å². The van der Waals surface area contributed by atoms with Gasteiger partial charge in [0, 0.05) is 16.1 Å². The van der Waals surface area contributed by atoms with Crippen LogP contribution >= 0.6 is 15.9 Å². The van der Waals surface area contributed by atoms with Gasteiger partial charge in [0.15, 0.2) is 0 Å². The van der Waals surface area contributed by atoms with Crippen molar-refractivity contribution in [3.8, 4) is 11.5 Å². The van der Waals surface area contributed by atoms with E-state index in [0.717, 1.165) is 21.5 Å². The lowest BCUT2D eigenvalue weighted by Gasteiger charge is -2.22. The number of benzene rings is 2. The average molecular weight is 348 g/mol. The number of para-hydroxylation sites is 1. The molecule has 0 saturated carbocycles. The van der Waals surface area contributed by atoms with Crippen molar-refractivity contribution in [1.82, 2.24) is 0 Å². The standard InChI is InChI=1S/C18H22BrNO/c1-12(20)14-10-9-13(11-16(14)19)21-17-8-6-5-7-15(17)18(2,3)4/h5-12H,20H2,1-4H3. The third-order valence-electron chi connectivity index (χ3n) is 3.39. The minimum absolute atomic E-state index is 0.00436. The highest BCUT2D eigenvalue weighted by atomic mass is 79.9. The first-order valence-electron chi connectivity index (χ1n) is 7.11. The van der Waals surface area contributed by atoms with Crippen molar-refractivity contribution in [3.05, 3.63) is 58.1 Å². The predicted molar refractivity (Wildman–Crippen MR) is 92.0 cm³/mol. The highest BCUT2D eigenvalue weighted by Crippen LogP contribution is 2.35. The topological polar surface area (TPSA) is 35.2 Å². The lowest BCUT2D eigenvalue weighted by atomic mass is 9.86. The molecular formula is C18H22BrNO. The first kappa shape index (κ1) is 16.1. The van der Waals surface area contributed by atoms with Gasteiger partial charge in [-0.1, -0.05) is 61.0 Å². The fourth-order valence-corrected chi connectivity index (χ4v) is 2.96. The van der Waals surface area contributed by atoms with Crippen LogP contribution in [0.4, 0.5) is 0 Å². The van der Waals surface area contributed by atoms with Crippen LogP contribution in [0.2, 0.25) is 0 Å². The maximum absolute atomic E-state index is 6.08. The Balaban J connectivity index is 2.33. The Kier molecular flexibility index (Phi) is 4.74. The van der Waals surface area contributed by atoms with Crippen LogP contribution in [0.15, 0.2) is 46.9 Å². The Labute approximate surface area is 135 Å². The largest absolute Gasteiger partial charge is 0.457 e. The summed E-state index contributed by atoms with van der Waals surface area (Å²) in [7, 11) is 0. The van der Waals surface area contributed by atoms with E-state index in [9.17, 15) is 0 Å². The van der Waals surface area contributed by atoms with Crippen molar-refractivity contribution in [3.63, 3.8) is 0 Å². The maximum Gasteiger partial charge on any atom is 0.131 e. The van der Waals surface area contributed by atoms with Crippen LogP contribution < -0.4 is 10.5 Å². The van der Waals surface area contributed by atoms with Gasteiger partial charge in [-0.3, -0.25) is 0 Å². The first-order chi connectivity index (χ1) is 9.79. The molecule has 3 heteroatoms. The van der Waals surface area contributed by atoms with Gasteiger partial charge in [-0.25, -0.2) is 0 Å². The summed E-state index contributed by atoms with van der Waals surface area (Å²) < 4.78 is 7.06. The minimum Gasteiger partial charge on any atom is -0.457 e. The Hall–Kier alpha value is -1.32. The van der Waals surface area contributed by atoms with E-state index in [1.807, 2.05) is 43.3 Å². The zero-order chi connectivity index (χ0) is 15.6. The zero-order valence-corrected chi connectivity index (χ0v) is 14.6. The molecule has 0 saturated heterocycles. The van der Waals surface area contributed by atoms with Gasteiger partial charge in [0.25, 0.3) is 0 Å². The van der Waals surface area contributed by atoms with Crippen molar-refractivity contribution < 1.29 is 4.74 Å². The van der Waals surface area contributed by atoms with Crippen LogP contribution in [0.1, 0.15) is 44.9 Å². The van der Waals surface area contributed by atoms with E-state index in [1.165, 1.54) is 5.56 Å². The molecule has 0 heterocycles. The van der Waals surface area contributed by atoms with Crippen LogP contribution in [0.3, 0.4) is 0 Å². The van der Waals surface area contributed by atoms with Crippen molar-refractivity contribution >= 4 is 15.9 Å². The van der Waals surface area contributed by atoms with E-state index >= 15 is 0 Å². The third-order valence-corrected chi connectivity index (χ3v) is 4.07. The van der Waals surface area contributed by atoms with E-state index in [-0.39, 0.29) is 11.5 Å². The van der Waals surface area contributed by atoms with E-state index in [0.29, 0.717) is 0 Å². The van der Waals surface area contributed by atoms with Gasteiger partial charge in [0.1, 0.15) is 11.5 Å². The summed E-state index contributed by atoms with van der Waals surface area (Å²) in [5, 5.41) is 0. The second-order valence-corrected chi connectivity index (χ2v) is 7.17. The molecule has 0 bridgehead atoms. The van der Waals surface area contributed by atoms with Crippen molar-refractivity contribution in [2.45, 2.75) is 39.2 Å². The van der Waals surface area contributed by atoms with Crippen molar-refractivity contribution in [2.75, 3.05) is 0 Å². The van der Waals surface area contributed by atoms with Crippen LogP contribution in [-0.2, 0) is 5.41 Å². The molecule has 2 rings (SSSR count). The molecular weight excluding hydrogens is 326 g/mol. The molecule has 2 nitrogen and oxygen atoms in total. The van der Waals surface area contributed by atoms with E-state index in [4.69, 9.17) is 10.5 Å². The number of hydrogen-bond donors (Lipinski definition) is 1. The van der Waals surface area contributed by atoms with Crippen molar-refractivity contribution in [2.24, 2.45) is 5.73 Å². The summed E-state index contributed by atoms with van der Waals surface area (Å²) in [6.07, 6.45) is 0. The normalized spacial score (nSPS) is 13.0. The number of hydrogen-bond acceptors (Lipinski definition) is 2. The van der Waals surface area contributed by atoms with Crippen LogP contribution in [-0.4, -0.2) is 0 Å². The number of rotatable bonds is 3. The molecule has 0 aromatic heterocycles. The van der Waals surface area contributed by atoms with E-state index < -0.39 is 0 Å². The lowest BCUT2D eigenvalue weighted by Crippen LogP contribution is -2.12. The highest BCUT2D eigenvalue weighted by molar-refractivity contribution is 9.10. The number of nitrogens with two attached hydrogens (primary N) is 1. The SMILES string of the molecule is CC(N)c1ccc(Oc2ccccc2C(C)(C)C)cc1Br. The maximum atomic E-state index is 6.08. The van der Waals surface area contributed by atoms with Gasteiger partial charge in [-0.15, -0.1) is 0 Å². The zero-order valence-electron chi connectivity index (χ0n) is 13.0. The Bertz CT molecular complexity index is 629. The van der Waals surface area contributed by atoms with Crippen LogP contribution in [0.25, 0.3) is 0 Å². The van der Waals surface area contributed by atoms with Gasteiger partial charge in [-0.05, 0) is 36.1 Å². The number of halogens is 1. The van der Waals surface area contributed by atoms with Gasteiger partial charge in [-0.2, -0.15) is 0 Å². The molecule has 0 aliphatic heterocycles. The second-order valence-electron chi connectivity index (χ2n) is 6.32. The molecule has 112 valence electrons. The molecule has 0 aliphatic carbocycles. The highest BCUT2D eigenvalue weighted by Gasteiger charge is 2.19. The quantitative estimate of drug-likeness (QED) is 0.788. The second kappa shape index (κ2) is 6.20. The molecule has 1 atom stereocenters. The Morgan fingerprint density at radius 1 is 1.10 bits per heavy atom. The molecule has 0 fully saturated rings. The fraction of sp³-hybridized carbons (Fsp3) is 0.333. The third kappa shape index (κ3) is 3.86. The van der Waals surface area contributed by atoms with Crippen LogP contribution in [0.5, 0.6) is 11.5 Å². The summed E-state index contributed by atoms with van der Waals surface area (Å²) in [5.74, 6) is 1.70. The molecule has 2 aromatic carbocycles. The summed E-state index contributed by atoms with van der Waals surface area (Å²) in [6, 6.07) is 14.1. The molecule has 1 unspecified atom stereocenters. The smallest absolute Gasteiger partial charge is 0.131 e. The first-order valence-corrected chi connectivity index (χ1v) is 7.90. The minimum atomic E-state index is -0.00436. The number of ether oxygens (including phenoxy) is 1.